The van der Waals surface area contributed by atoms with Crippen LogP contribution in [-0.4, -0.2) is 41.1 Å². The van der Waals surface area contributed by atoms with E-state index in [0.29, 0.717) is 6.42 Å². The quantitative estimate of drug-likeness (QED) is 0.545. The van der Waals surface area contributed by atoms with Crippen molar-refractivity contribution in [3.8, 4) is 0 Å². The number of thioether (sulfide) groups is 1. The molecule has 0 saturated heterocycles. The zero-order valence-corrected chi connectivity index (χ0v) is 14.5. The van der Waals surface area contributed by atoms with Crippen LogP contribution in [0.5, 0.6) is 0 Å². The average Bonchev–Trinajstić information content (AvgIpc) is 2.12. The number of hydrogen-bond donors (Lipinski definition) is 2. The summed E-state index contributed by atoms with van der Waals surface area (Å²) in [6, 6.07) is -0.683. The zero-order valence-electron chi connectivity index (χ0n) is 10.7. The van der Waals surface area contributed by atoms with Gasteiger partial charge in [-0.3, -0.25) is 4.79 Å². The van der Waals surface area contributed by atoms with Crippen LogP contribution >= 0.6 is 11.8 Å². The topological polar surface area (TPSA) is 144 Å². The number of carbonyl (C=O) groups is 3. The molecule has 0 aliphatic rings. The molecule has 0 fully saturated rings. The molecule has 0 aromatic rings. The summed E-state index contributed by atoms with van der Waals surface area (Å²) >= 11 is 1.60. The second-order valence-corrected chi connectivity index (χ2v) is 3.69. The number of carboxylic acid groups (broad SMARTS) is 3. The molecule has 0 saturated carbocycles. The van der Waals surface area contributed by atoms with Crippen molar-refractivity contribution in [3.05, 3.63) is 0 Å². The summed E-state index contributed by atoms with van der Waals surface area (Å²) in [6.45, 7) is 1.94. The molecule has 0 aliphatic heterocycles. The molecule has 7 nitrogen and oxygen atoms in total. The van der Waals surface area contributed by atoms with E-state index in [2.05, 4.69) is 0 Å². The van der Waals surface area contributed by atoms with Crippen LogP contribution in [0.15, 0.2) is 0 Å². The van der Waals surface area contributed by atoms with Crippen LogP contribution in [0, 0.1) is 0 Å². The molecule has 9 heteroatoms. The van der Waals surface area contributed by atoms with Gasteiger partial charge >= 0.3 is 25.4 Å². The molecule has 0 aromatic heterocycles. The first-order valence-corrected chi connectivity index (χ1v) is 5.87. The second kappa shape index (κ2) is 18.7. The molecule has 3 N–H and O–H groups in total. The molecule has 0 radical (unpaired) electrons. The molecule has 0 spiro atoms. The number of rotatable bonds is 4. The van der Waals surface area contributed by atoms with E-state index in [1.165, 1.54) is 0 Å². The first-order valence-electron chi connectivity index (χ1n) is 4.47. The number of carboxylic acids is 3. The van der Waals surface area contributed by atoms with E-state index in [-0.39, 0.29) is 19.5 Å². The van der Waals surface area contributed by atoms with Gasteiger partial charge in [-0.05, 0) is 32.3 Å². The smallest absolute Gasteiger partial charge is 0.550 e. The van der Waals surface area contributed by atoms with Gasteiger partial charge in [0.05, 0.1) is 0 Å². The standard InChI is InChI=1S/C5H11NO2S.2C2H4O2.Zn/c1-9-3-2-4(6)5(7)8;2*1-2(3)4;/h4H,2-3,6H2,1H3,(H,7,8);2*1H3,(H,3,4);/q;;;+2/p-2/t4-;;;/m0.../s1. The van der Waals surface area contributed by atoms with Gasteiger partial charge in [0.2, 0.25) is 0 Å². The van der Waals surface area contributed by atoms with E-state index in [4.69, 9.17) is 30.6 Å². The molecule has 18 heavy (non-hydrogen) atoms. The third kappa shape index (κ3) is 58.5. The van der Waals surface area contributed by atoms with Crippen molar-refractivity contribution in [2.75, 3.05) is 12.0 Å². The summed E-state index contributed by atoms with van der Waals surface area (Å²) in [4.78, 5) is 27.8. The van der Waals surface area contributed by atoms with Gasteiger partial charge in [-0.25, -0.2) is 0 Å². The van der Waals surface area contributed by atoms with Crippen LogP contribution in [-0.2, 0) is 33.9 Å². The fourth-order valence-corrected chi connectivity index (χ4v) is 0.858. The van der Waals surface area contributed by atoms with Crippen LogP contribution in [0.25, 0.3) is 0 Å². The minimum atomic E-state index is -1.08. The molecule has 0 aliphatic carbocycles. The van der Waals surface area contributed by atoms with Crippen LogP contribution in [0.3, 0.4) is 0 Å². The number of aliphatic carboxylic acids is 3. The van der Waals surface area contributed by atoms with Crippen molar-refractivity contribution in [2.45, 2.75) is 26.3 Å². The van der Waals surface area contributed by atoms with E-state index in [1.807, 2.05) is 6.26 Å². The molecule has 0 bridgehead atoms. The molecular formula is C9H17NO6SZn. The largest absolute Gasteiger partial charge is 2.00 e. The minimum absolute atomic E-state index is 0. The number of hydrogen-bond acceptors (Lipinski definition) is 7. The number of nitrogens with two attached hydrogens (primary N) is 1. The summed E-state index contributed by atoms with van der Waals surface area (Å²) in [5.41, 5.74) is 5.19. The molecule has 0 amide bonds. The van der Waals surface area contributed by atoms with E-state index < -0.39 is 23.9 Å². The van der Waals surface area contributed by atoms with Gasteiger partial charge in [-0.15, -0.1) is 0 Å². The fraction of sp³-hybridized carbons (Fsp3) is 0.667. The van der Waals surface area contributed by atoms with Gasteiger partial charge in [-0.1, -0.05) is 0 Å². The first kappa shape index (κ1) is 26.0. The molecule has 0 unspecified atom stereocenters. The molecule has 0 aromatic carbocycles. The van der Waals surface area contributed by atoms with E-state index in [0.717, 1.165) is 19.6 Å². The van der Waals surface area contributed by atoms with Crippen LogP contribution in [0.1, 0.15) is 20.3 Å². The maximum absolute atomic E-state index is 10.1. The second-order valence-electron chi connectivity index (χ2n) is 2.71. The van der Waals surface area contributed by atoms with Crippen molar-refractivity contribution in [2.24, 2.45) is 5.73 Å². The summed E-state index contributed by atoms with van der Waals surface area (Å²) in [6.07, 6.45) is 2.48. The Morgan fingerprint density at radius 3 is 1.67 bits per heavy atom. The Morgan fingerprint density at radius 2 is 1.50 bits per heavy atom. The van der Waals surface area contributed by atoms with Crippen LogP contribution in [0.2, 0.25) is 0 Å². The Morgan fingerprint density at radius 1 is 1.22 bits per heavy atom. The first-order chi connectivity index (χ1) is 7.64. The van der Waals surface area contributed by atoms with Crippen molar-refractivity contribution >= 4 is 29.7 Å². The fourth-order valence-electron chi connectivity index (χ4n) is 0.368. The molecule has 102 valence electrons. The molecule has 0 rings (SSSR count). The average molecular weight is 333 g/mol. The Labute approximate surface area is 123 Å². The maximum Gasteiger partial charge on any atom is 2.00 e. The van der Waals surface area contributed by atoms with Crippen molar-refractivity contribution in [1.82, 2.24) is 0 Å². The van der Waals surface area contributed by atoms with Crippen LogP contribution < -0.4 is 15.9 Å². The number of carbonyl (C=O) groups excluding carboxylic acids is 2. The third-order valence-electron chi connectivity index (χ3n) is 0.950. The Balaban J connectivity index is -0.0000000922. The predicted octanol–water partition coefficient (Wildman–Crippen LogP) is -2.34. The van der Waals surface area contributed by atoms with E-state index >= 15 is 0 Å². The van der Waals surface area contributed by atoms with Gasteiger partial charge in [0.25, 0.3) is 0 Å². The minimum Gasteiger partial charge on any atom is -0.550 e. The van der Waals surface area contributed by atoms with Gasteiger partial charge in [0.15, 0.2) is 0 Å². The van der Waals surface area contributed by atoms with Gasteiger partial charge in [-0.2, -0.15) is 11.8 Å². The normalized spacial score (nSPS) is 9.33. The SMILES string of the molecule is CC(=O)[O-].CC(=O)[O-].CSCC[C@H](N)C(=O)O.[Zn+2]. The van der Waals surface area contributed by atoms with Crippen molar-refractivity contribution in [3.63, 3.8) is 0 Å². The molecular weight excluding hydrogens is 316 g/mol. The monoisotopic (exact) mass is 331 g/mol. The zero-order chi connectivity index (χ0) is 14.4. The summed E-state index contributed by atoms with van der Waals surface area (Å²) in [5, 5.41) is 26.1. The van der Waals surface area contributed by atoms with Gasteiger partial charge < -0.3 is 30.6 Å². The predicted molar refractivity (Wildman–Crippen MR) is 60.0 cm³/mol. The van der Waals surface area contributed by atoms with Crippen molar-refractivity contribution in [1.29, 1.82) is 0 Å². The van der Waals surface area contributed by atoms with E-state index in [1.54, 1.807) is 11.8 Å². The molecule has 0 heterocycles. The maximum atomic E-state index is 10.1. The summed E-state index contributed by atoms with van der Waals surface area (Å²) < 4.78 is 0. The van der Waals surface area contributed by atoms with Crippen molar-refractivity contribution < 1.29 is 49.2 Å². The summed E-state index contributed by atoms with van der Waals surface area (Å²) in [5.74, 6) is -2.27. The Kier molecular flexibility index (Phi) is 27.0. The third-order valence-corrected chi connectivity index (χ3v) is 1.59. The van der Waals surface area contributed by atoms with E-state index in [9.17, 15) is 4.79 Å². The Hall–Kier alpha value is -0.657. The van der Waals surface area contributed by atoms with Crippen LogP contribution in [0.4, 0.5) is 0 Å². The van der Waals surface area contributed by atoms with Gasteiger partial charge in [0, 0.05) is 11.9 Å². The van der Waals surface area contributed by atoms with Gasteiger partial charge in [0.1, 0.15) is 6.04 Å². The Bertz CT molecular complexity index is 219. The summed E-state index contributed by atoms with van der Waals surface area (Å²) in [7, 11) is 0. The molecule has 1 atom stereocenters.